The summed E-state index contributed by atoms with van der Waals surface area (Å²) in [7, 11) is -1.65. The zero-order valence-electron chi connectivity index (χ0n) is 10.7. The van der Waals surface area contributed by atoms with Crippen LogP contribution < -0.4 is 0 Å². The zero-order valence-corrected chi connectivity index (χ0v) is 11.7. The van der Waals surface area contributed by atoms with Crippen LogP contribution in [-0.4, -0.2) is 18.7 Å². The van der Waals surface area contributed by atoms with Gasteiger partial charge in [0.05, 0.1) is 6.04 Å². The number of nitrogens with zero attached hydrogens (tertiary/aromatic N) is 1. The van der Waals surface area contributed by atoms with Crippen molar-refractivity contribution in [1.29, 1.82) is 0 Å². The molecule has 2 nitrogen and oxygen atoms in total. The van der Waals surface area contributed by atoms with Gasteiger partial charge in [-0.1, -0.05) is 56.6 Å². The lowest BCUT2D eigenvalue weighted by Crippen LogP contribution is -2.48. The van der Waals surface area contributed by atoms with Gasteiger partial charge in [-0.05, 0) is 5.56 Å². The lowest BCUT2D eigenvalue weighted by molar-refractivity contribution is -0.122. The minimum Gasteiger partial charge on any atom is -0.359 e. The van der Waals surface area contributed by atoms with Crippen molar-refractivity contribution in [3.63, 3.8) is 0 Å². The highest BCUT2D eigenvalue weighted by molar-refractivity contribution is 6.76. The van der Waals surface area contributed by atoms with Gasteiger partial charge in [0.2, 0.25) is 5.91 Å². The van der Waals surface area contributed by atoms with Crippen LogP contribution in [0.4, 0.5) is 0 Å². The van der Waals surface area contributed by atoms with Gasteiger partial charge in [-0.15, -0.1) is 0 Å². The minimum absolute atomic E-state index is 0.151. The van der Waals surface area contributed by atoms with E-state index in [9.17, 15) is 4.79 Å². The average Bonchev–Trinajstić information content (AvgIpc) is 2.56. The highest BCUT2D eigenvalue weighted by Gasteiger charge is 2.41. The maximum atomic E-state index is 12.2. The van der Waals surface area contributed by atoms with Gasteiger partial charge in [-0.25, -0.2) is 0 Å². The summed E-state index contributed by atoms with van der Waals surface area (Å²) in [6.07, 6.45) is 0.771. The van der Waals surface area contributed by atoms with E-state index in [2.05, 4.69) is 42.9 Å². The number of hydrogen-bond acceptors (Lipinski definition) is 1. The van der Waals surface area contributed by atoms with Crippen LogP contribution in [0.5, 0.6) is 0 Å². The summed E-state index contributed by atoms with van der Waals surface area (Å²) in [4.78, 5) is 12.2. The predicted octanol–water partition coefficient (Wildman–Crippen LogP) is 3.35. The van der Waals surface area contributed by atoms with Crippen LogP contribution >= 0.6 is 0 Å². The van der Waals surface area contributed by atoms with Gasteiger partial charge in [-0.3, -0.25) is 4.79 Å². The molecule has 0 spiro atoms. The molecule has 1 saturated heterocycles. The fourth-order valence-corrected chi connectivity index (χ4v) is 4.38. The predicted molar refractivity (Wildman–Crippen MR) is 73.1 cm³/mol. The first-order valence-electron chi connectivity index (χ1n) is 5.97. The Labute approximate surface area is 104 Å². The first-order chi connectivity index (χ1) is 7.91. The van der Waals surface area contributed by atoms with E-state index in [4.69, 9.17) is 0 Å². The number of carbonyl (C=O) groups excluding carboxylic acids is 1. The van der Waals surface area contributed by atoms with E-state index < -0.39 is 8.24 Å². The van der Waals surface area contributed by atoms with E-state index in [-0.39, 0.29) is 11.9 Å². The van der Waals surface area contributed by atoms with Crippen LogP contribution in [0.2, 0.25) is 19.6 Å². The quantitative estimate of drug-likeness (QED) is 0.578. The molecule has 1 aliphatic heterocycles. The molecule has 0 aliphatic carbocycles. The van der Waals surface area contributed by atoms with Crippen LogP contribution in [0.15, 0.2) is 42.5 Å². The summed E-state index contributed by atoms with van der Waals surface area (Å²) in [6.45, 7) is 10.5. The maximum absolute atomic E-state index is 12.2. The molecule has 0 unspecified atom stereocenters. The van der Waals surface area contributed by atoms with Crippen LogP contribution in [0.3, 0.4) is 0 Å². The van der Waals surface area contributed by atoms with Crippen LogP contribution in [0.1, 0.15) is 18.0 Å². The molecule has 17 heavy (non-hydrogen) atoms. The molecule has 1 heterocycles. The molecule has 1 amide bonds. The SMILES string of the molecule is C=C1C[C@H](c2ccccc2)N([Si](C)(C)C)C1=O. The standard InChI is InChI=1S/C14H19NOSi/c1-11-10-13(12-8-6-5-7-9-12)15(14(11)16)17(2,3)4/h5-9,13H,1,10H2,2-4H3/t13-/m1/s1. The third-order valence-electron chi connectivity index (χ3n) is 3.18. The second kappa shape index (κ2) is 4.15. The van der Waals surface area contributed by atoms with Crippen molar-refractivity contribution < 1.29 is 4.79 Å². The topological polar surface area (TPSA) is 20.3 Å². The minimum atomic E-state index is -1.65. The number of amides is 1. The first-order valence-corrected chi connectivity index (χ1v) is 9.42. The summed E-state index contributed by atoms with van der Waals surface area (Å²) in [5, 5.41) is 0. The van der Waals surface area contributed by atoms with Crippen LogP contribution in [0, 0.1) is 0 Å². The molecule has 1 atom stereocenters. The summed E-state index contributed by atoms with van der Waals surface area (Å²) in [6, 6.07) is 10.5. The summed E-state index contributed by atoms with van der Waals surface area (Å²) in [5.41, 5.74) is 1.98. The Morgan fingerprint density at radius 1 is 1.24 bits per heavy atom. The third kappa shape index (κ3) is 2.20. The lowest BCUT2D eigenvalue weighted by Gasteiger charge is -2.35. The number of hydrogen-bond donors (Lipinski definition) is 0. The Morgan fingerprint density at radius 3 is 2.35 bits per heavy atom. The van der Waals surface area contributed by atoms with E-state index in [1.165, 1.54) is 5.56 Å². The normalized spacial score (nSPS) is 21.1. The molecule has 0 radical (unpaired) electrons. The van der Waals surface area contributed by atoms with Gasteiger partial charge in [0, 0.05) is 12.0 Å². The van der Waals surface area contributed by atoms with E-state index in [1.807, 2.05) is 18.2 Å². The van der Waals surface area contributed by atoms with Crippen molar-refractivity contribution in [3.05, 3.63) is 48.0 Å². The molecule has 0 bridgehead atoms. The average molecular weight is 245 g/mol. The Bertz CT molecular complexity index is 447. The van der Waals surface area contributed by atoms with Crippen molar-refractivity contribution >= 4 is 14.1 Å². The van der Waals surface area contributed by atoms with Crippen LogP contribution in [0.25, 0.3) is 0 Å². The summed E-state index contributed by atoms with van der Waals surface area (Å²) < 4.78 is 2.09. The van der Waals surface area contributed by atoms with Gasteiger partial charge < -0.3 is 4.57 Å². The second-order valence-electron chi connectivity index (χ2n) is 5.58. The van der Waals surface area contributed by atoms with Gasteiger partial charge in [-0.2, -0.15) is 0 Å². The Kier molecular flexibility index (Phi) is 2.95. The van der Waals surface area contributed by atoms with E-state index >= 15 is 0 Å². The first kappa shape index (κ1) is 12.1. The Morgan fingerprint density at radius 2 is 1.82 bits per heavy atom. The van der Waals surface area contributed by atoms with Gasteiger partial charge in [0.1, 0.15) is 0 Å². The molecule has 1 aromatic carbocycles. The van der Waals surface area contributed by atoms with Gasteiger partial charge in [0.15, 0.2) is 8.24 Å². The summed E-state index contributed by atoms with van der Waals surface area (Å²) in [5.74, 6) is 0.151. The molecule has 0 saturated carbocycles. The molecular formula is C14H19NOSi. The largest absolute Gasteiger partial charge is 0.359 e. The van der Waals surface area contributed by atoms with Crippen LogP contribution in [-0.2, 0) is 4.79 Å². The number of benzene rings is 1. The fourth-order valence-electron chi connectivity index (χ4n) is 2.44. The second-order valence-corrected chi connectivity index (χ2v) is 10.4. The maximum Gasteiger partial charge on any atom is 0.241 e. The molecule has 1 fully saturated rings. The van der Waals surface area contributed by atoms with Gasteiger partial charge >= 0.3 is 0 Å². The lowest BCUT2D eigenvalue weighted by atomic mass is 10.0. The van der Waals surface area contributed by atoms with Gasteiger partial charge in [0.25, 0.3) is 0 Å². The van der Waals surface area contributed by atoms with Crippen molar-refractivity contribution in [2.24, 2.45) is 0 Å². The molecule has 1 aliphatic rings. The molecule has 3 heteroatoms. The van der Waals surface area contributed by atoms with Crippen molar-refractivity contribution in [1.82, 2.24) is 4.57 Å². The summed E-state index contributed by atoms with van der Waals surface area (Å²) >= 11 is 0. The van der Waals surface area contributed by atoms with Crippen molar-refractivity contribution in [2.75, 3.05) is 0 Å². The van der Waals surface area contributed by atoms with E-state index in [0.29, 0.717) is 0 Å². The zero-order chi connectivity index (χ0) is 12.6. The fraction of sp³-hybridized carbons (Fsp3) is 0.357. The van der Waals surface area contributed by atoms with Crippen molar-refractivity contribution in [2.45, 2.75) is 32.1 Å². The molecular weight excluding hydrogens is 226 g/mol. The Balaban J connectivity index is 2.40. The third-order valence-corrected chi connectivity index (χ3v) is 5.14. The molecule has 0 N–H and O–H groups in total. The molecule has 90 valence electrons. The van der Waals surface area contributed by atoms with E-state index in [0.717, 1.165) is 12.0 Å². The molecule has 0 aromatic heterocycles. The highest BCUT2D eigenvalue weighted by atomic mass is 28.3. The highest BCUT2D eigenvalue weighted by Crippen LogP contribution is 2.38. The number of rotatable bonds is 2. The molecule has 2 rings (SSSR count). The van der Waals surface area contributed by atoms with Crippen molar-refractivity contribution in [3.8, 4) is 0 Å². The Hall–Kier alpha value is -1.35. The molecule has 1 aromatic rings. The number of carbonyl (C=O) groups is 1. The van der Waals surface area contributed by atoms with E-state index in [1.54, 1.807) is 0 Å². The monoisotopic (exact) mass is 245 g/mol. The smallest absolute Gasteiger partial charge is 0.241 e.